The van der Waals surface area contributed by atoms with Gasteiger partial charge >= 0.3 is 12.6 Å². The number of pyridine rings is 2. The molecule has 0 radical (unpaired) electrons. The maximum absolute atomic E-state index is 15.0. The second-order valence-electron chi connectivity index (χ2n) is 15.1. The quantitative estimate of drug-likeness (QED) is 0.202. The fourth-order valence-electron chi connectivity index (χ4n) is 6.93. The molecule has 1 unspecified atom stereocenters. The second kappa shape index (κ2) is 15.0. The van der Waals surface area contributed by atoms with E-state index >= 15 is 4.79 Å². The van der Waals surface area contributed by atoms with Gasteiger partial charge in [0.2, 0.25) is 21.8 Å². The first-order valence-corrected chi connectivity index (χ1v) is 19.6. The summed E-state index contributed by atoms with van der Waals surface area (Å²) in [7, 11) is -2.57. The van der Waals surface area contributed by atoms with Gasteiger partial charge in [0.05, 0.1) is 37.0 Å². The molecular formula is C37H43ClF2N6O8S. The van der Waals surface area contributed by atoms with E-state index in [9.17, 15) is 26.8 Å². The fourth-order valence-corrected chi connectivity index (χ4v) is 8.46. The molecule has 14 nitrogen and oxygen atoms in total. The lowest BCUT2D eigenvalue weighted by atomic mass is 9.85. The zero-order chi connectivity index (χ0) is 40.0. The number of hydrogen-bond donors (Lipinski definition) is 2. The maximum atomic E-state index is 15.0. The molecule has 0 bridgehead atoms. The fraction of sp³-hybridized carbons (Fsp3) is 0.486. The van der Waals surface area contributed by atoms with E-state index in [-0.39, 0.29) is 30.4 Å². The minimum Gasteiger partial charge on any atom is -0.494 e. The zero-order valence-electron chi connectivity index (χ0n) is 30.9. The van der Waals surface area contributed by atoms with Gasteiger partial charge in [0, 0.05) is 40.2 Å². The van der Waals surface area contributed by atoms with Crippen LogP contribution in [0.2, 0.25) is 5.02 Å². The van der Waals surface area contributed by atoms with Crippen LogP contribution in [0.5, 0.6) is 17.5 Å². The summed E-state index contributed by atoms with van der Waals surface area (Å²) in [5.41, 5.74) is -2.63. The number of aromatic nitrogens is 2. The molecule has 3 aliphatic rings. The first-order chi connectivity index (χ1) is 25.9. The molecule has 5 atom stereocenters. The number of hydrogen-bond acceptors (Lipinski definition) is 11. The van der Waals surface area contributed by atoms with Gasteiger partial charge in [0.25, 0.3) is 11.8 Å². The summed E-state index contributed by atoms with van der Waals surface area (Å²) in [6, 6.07) is 5.19. The van der Waals surface area contributed by atoms with E-state index in [4.69, 9.17) is 21.1 Å². The van der Waals surface area contributed by atoms with Crippen LogP contribution in [-0.4, -0.2) is 95.3 Å². The number of sulfonamides is 1. The number of amides is 4. The highest BCUT2D eigenvalue weighted by atomic mass is 35.5. The van der Waals surface area contributed by atoms with Gasteiger partial charge in [-0.05, 0) is 55.9 Å². The molecule has 3 fully saturated rings. The van der Waals surface area contributed by atoms with Crippen LogP contribution in [0, 0.1) is 11.3 Å². The van der Waals surface area contributed by atoms with Crippen molar-refractivity contribution in [2.24, 2.45) is 11.3 Å². The lowest BCUT2D eigenvalue weighted by molar-refractivity contribution is -0.141. The predicted octanol–water partition coefficient (Wildman–Crippen LogP) is 5.76. The molecule has 6 rings (SSSR count). The van der Waals surface area contributed by atoms with Crippen LogP contribution in [0.25, 0.3) is 10.8 Å². The number of rotatable bonds is 13. The van der Waals surface area contributed by atoms with Gasteiger partial charge in [-0.3, -0.25) is 14.3 Å². The van der Waals surface area contributed by atoms with Crippen LogP contribution < -0.4 is 24.2 Å². The van der Waals surface area contributed by atoms with E-state index in [0.29, 0.717) is 40.8 Å². The third-order valence-electron chi connectivity index (χ3n) is 10.1. The van der Waals surface area contributed by atoms with Gasteiger partial charge in [-0.1, -0.05) is 38.4 Å². The Balaban J connectivity index is 1.35. The first-order valence-electron chi connectivity index (χ1n) is 17.7. The standard InChI is InChI=1S/C37H43ClF2N6O8S/c1-7-21-16-37(21,33(48)44-55(50,51)25-10-11-25)46(32(47)30(36(3,4)5)43-23-9-13-29(41-17-23)54-34(39)40)35(49)45-19-24(14-20(45)2)53-31-27-15-22(38)8-12-26(27)28(52-6)18-42-31/h7-9,12-13,15,17-18,20-21,24-25,30,34,43H,1,10-11,14,16,19H2,2-6H3,(H,44,48)/t20?,21-,24-,30-,37-/m1/s1. The van der Waals surface area contributed by atoms with E-state index in [1.807, 2.05) is 0 Å². The van der Waals surface area contributed by atoms with E-state index in [0.717, 1.165) is 4.90 Å². The number of halogens is 3. The number of nitrogens with one attached hydrogen (secondary N) is 2. The zero-order valence-corrected chi connectivity index (χ0v) is 32.5. The molecule has 2 aromatic heterocycles. The topological polar surface area (TPSA) is 169 Å². The van der Waals surface area contributed by atoms with Crippen molar-refractivity contribution in [2.45, 2.75) is 89.0 Å². The van der Waals surface area contributed by atoms with Crippen molar-refractivity contribution in [3.05, 3.63) is 60.4 Å². The summed E-state index contributed by atoms with van der Waals surface area (Å²) in [5, 5.41) is 4.05. The van der Waals surface area contributed by atoms with Crippen LogP contribution in [0.3, 0.4) is 0 Å². The van der Waals surface area contributed by atoms with Crippen LogP contribution in [0.4, 0.5) is 19.3 Å². The average Bonchev–Trinajstić information content (AvgIpc) is 4.04. The number of nitrogens with zero attached hydrogens (tertiary/aromatic N) is 4. The van der Waals surface area contributed by atoms with Gasteiger partial charge in [0.1, 0.15) is 23.4 Å². The van der Waals surface area contributed by atoms with Gasteiger partial charge in [0.15, 0.2) is 0 Å². The number of ether oxygens (including phenoxy) is 3. The van der Waals surface area contributed by atoms with Crippen molar-refractivity contribution in [3.63, 3.8) is 0 Å². The number of methoxy groups -OCH3 is 1. The van der Waals surface area contributed by atoms with Gasteiger partial charge in [-0.25, -0.2) is 28.1 Å². The number of alkyl halides is 2. The van der Waals surface area contributed by atoms with Crippen LogP contribution in [0.15, 0.2) is 55.4 Å². The summed E-state index contributed by atoms with van der Waals surface area (Å²) in [6.45, 7) is 7.68. The number of anilines is 1. The van der Waals surface area contributed by atoms with Crippen molar-refractivity contribution in [2.75, 3.05) is 19.0 Å². The van der Waals surface area contributed by atoms with E-state index < -0.39 is 74.8 Å². The molecule has 18 heteroatoms. The predicted molar refractivity (Wildman–Crippen MR) is 200 cm³/mol. The second-order valence-corrected chi connectivity index (χ2v) is 17.5. The number of carbonyl (C=O) groups excluding carboxylic acids is 3. The number of fused-ring (bicyclic) bond motifs is 1. The molecular weight excluding hydrogens is 762 g/mol. The highest BCUT2D eigenvalue weighted by Crippen LogP contribution is 2.52. The average molecular weight is 805 g/mol. The Morgan fingerprint density at radius 2 is 1.85 bits per heavy atom. The Kier molecular flexibility index (Phi) is 10.9. The van der Waals surface area contributed by atoms with Crippen LogP contribution >= 0.6 is 11.6 Å². The minimum absolute atomic E-state index is 0.0144. The molecule has 4 amide bonds. The Labute approximate surface area is 322 Å². The summed E-state index contributed by atoms with van der Waals surface area (Å²) < 4.78 is 70.0. The van der Waals surface area contributed by atoms with Crippen molar-refractivity contribution in [1.82, 2.24) is 24.5 Å². The van der Waals surface area contributed by atoms with E-state index in [1.165, 1.54) is 42.6 Å². The molecule has 1 saturated heterocycles. The molecule has 2 aliphatic carbocycles. The Hall–Kier alpha value is -4.77. The molecule has 55 heavy (non-hydrogen) atoms. The highest BCUT2D eigenvalue weighted by molar-refractivity contribution is 7.91. The largest absolute Gasteiger partial charge is 0.494 e. The summed E-state index contributed by atoms with van der Waals surface area (Å²) in [5.74, 6) is -2.21. The molecule has 2 N–H and O–H groups in total. The third kappa shape index (κ3) is 8.13. The maximum Gasteiger partial charge on any atom is 0.388 e. The number of imide groups is 1. The van der Waals surface area contributed by atoms with E-state index in [1.54, 1.807) is 45.9 Å². The Morgan fingerprint density at radius 3 is 2.44 bits per heavy atom. The molecule has 0 spiro atoms. The SMILES string of the molecule is C=C[C@@H]1C[C@@]1(C(=O)NS(=O)(=O)C1CC1)N(C(=O)[C@@H](Nc1ccc(OC(F)F)nc1)C(C)(C)C)C(=O)N1C[C@H](Oc2ncc(OC)c3ccc(Cl)cc23)CC1C. The summed E-state index contributed by atoms with van der Waals surface area (Å²) in [6.07, 6.45) is 4.54. The summed E-state index contributed by atoms with van der Waals surface area (Å²) in [4.78, 5) is 54.8. The molecule has 1 aromatic carbocycles. The molecule has 1 aliphatic heterocycles. The van der Waals surface area contributed by atoms with Gasteiger partial charge in [-0.2, -0.15) is 8.78 Å². The first kappa shape index (κ1) is 39.9. The van der Waals surface area contributed by atoms with Crippen molar-refractivity contribution in [3.8, 4) is 17.5 Å². The third-order valence-corrected chi connectivity index (χ3v) is 12.2. The normalized spacial score (nSPS) is 22.9. The number of carbonyl (C=O) groups is 3. The molecule has 3 heterocycles. The monoisotopic (exact) mass is 804 g/mol. The van der Waals surface area contributed by atoms with Crippen LogP contribution in [0.1, 0.15) is 53.4 Å². The van der Waals surface area contributed by atoms with E-state index in [2.05, 4.69) is 31.3 Å². The Bertz CT molecular complexity index is 2100. The lowest BCUT2D eigenvalue weighted by Crippen LogP contribution is -2.64. The Morgan fingerprint density at radius 1 is 1.13 bits per heavy atom. The number of likely N-dealkylation sites (tertiary alicyclic amines) is 1. The number of urea groups is 1. The van der Waals surface area contributed by atoms with Crippen molar-refractivity contribution < 1.29 is 45.8 Å². The summed E-state index contributed by atoms with van der Waals surface area (Å²) >= 11 is 6.31. The number of benzene rings is 1. The van der Waals surface area contributed by atoms with Crippen molar-refractivity contribution >= 4 is 55.9 Å². The molecule has 2 saturated carbocycles. The highest BCUT2D eigenvalue weighted by Gasteiger charge is 2.68. The molecule has 296 valence electrons. The minimum atomic E-state index is -4.09. The van der Waals surface area contributed by atoms with Crippen molar-refractivity contribution in [1.29, 1.82) is 0 Å². The van der Waals surface area contributed by atoms with Gasteiger partial charge in [-0.15, -0.1) is 6.58 Å². The van der Waals surface area contributed by atoms with Crippen LogP contribution in [-0.2, 0) is 19.6 Å². The van der Waals surface area contributed by atoms with Gasteiger partial charge < -0.3 is 24.4 Å². The smallest absolute Gasteiger partial charge is 0.388 e. The molecule has 3 aromatic rings. The lowest BCUT2D eigenvalue weighted by Gasteiger charge is -2.40.